The molecule has 2 aromatic carbocycles. The summed E-state index contributed by atoms with van der Waals surface area (Å²) in [5.41, 5.74) is 0.158. The Labute approximate surface area is 158 Å². The molecule has 0 fully saturated rings. The lowest BCUT2D eigenvalue weighted by molar-refractivity contribution is -0.0501. The molecule has 0 aliphatic carbocycles. The number of hydrogen-bond donors (Lipinski definition) is 1. The molecule has 1 heterocycles. The van der Waals surface area contributed by atoms with Gasteiger partial charge in [0, 0.05) is 0 Å². The fourth-order valence-corrected chi connectivity index (χ4v) is 9.21. The Morgan fingerprint density at radius 3 is 2.04 bits per heavy atom. The molecule has 26 heavy (non-hydrogen) atoms. The van der Waals surface area contributed by atoms with Crippen LogP contribution in [-0.2, 0) is 4.74 Å². The highest BCUT2D eigenvalue weighted by Crippen LogP contribution is 2.37. The number of allylic oxidation sites excluding steroid dienone is 2. The molecule has 1 N–H and O–H groups in total. The van der Waals surface area contributed by atoms with Crippen LogP contribution in [-0.4, -0.2) is 31.5 Å². The molecule has 1 aliphatic rings. The van der Waals surface area contributed by atoms with Crippen molar-refractivity contribution in [2.24, 2.45) is 0 Å². The van der Waals surface area contributed by atoms with E-state index in [1.165, 1.54) is 10.4 Å². The van der Waals surface area contributed by atoms with Gasteiger partial charge in [0.1, 0.15) is 8.07 Å². The summed E-state index contributed by atoms with van der Waals surface area (Å²) in [6.45, 7) is 6.48. The number of benzene rings is 2. The maximum atomic E-state index is 10.7. The molecule has 1 aliphatic heterocycles. The Balaban J connectivity index is 1.89. The van der Waals surface area contributed by atoms with Crippen molar-refractivity contribution >= 4 is 18.4 Å². The molecule has 3 heteroatoms. The predicted molar refractivity (Wildman–Crippen MR) is 112 cm³/mol. The van der Waals surface area contributed by atoms with Gasteiger partial charge in [0.15, 0.2) is 0 Å². The third-order valence-corrected chi connectivity index (χ3v) is 10.6. The van der Waals surface area contributed by atoms with E-state index in [-0.39, 0.29) is 5.60 Å². The van der Waals surface area contributed by atoms with Gasteiger partial charge in [-0.3, -0.25) is 0 Å². The lowest BCUT2D eigenvalue weighted by Crippen LogP contribution is -2.59. The van der Waals surface area contributed by atoms with Crippen LogP contribution in [0.25, 0.3) is 0 Å². The van der Waals surface area contributed by atoms with Gasteiger partial charge in [-0.25, -0.2) is 0 Å². The molecular formula is C23H30O2Si. The van der Waals surface area contributed by atoms with Gasteiger partial charge in [-0.2, -0.15) is 0 Å². The molecule has 3 rings (SSSR count). The van der Waals surface area contributed by atoms with Crippen molar-refractivity contribution in [3.05, 3.63) is 72.8 Å². The highest BCUT2D eigenvalue weighted by Gasteiger charge is 2.45. The lowest BCUT2D eigenvalue weighted by Gasteiger charge is -2.36. The van der Waals surface area contributed by atoms with Crippen LogP contribution in [0.5, 0.6) is 0 Å². The van der Waals surface area contributed by atoms with Crippen molar-refractivity contribution in [3.8, 4) is 0 Å². The molecule has 0 unspecified atom stereocenters. The van der Waals surface area contributed by atoms with Crippen LogP contribution in [0.15, 0.2) is 72.8 Å². The van der Waals surface area contributed by atoms with Gasteiger partial charge in [0.25, 0.3) is 0 Å². The topological polar surface area (TPSA) is 29.5 Å². The van der Waals surface area contributed by atoms with Gasteiger partial charge in [0.2, 0.25) is 0 Å². The summed E-state index contributed by atoms with van der Waals surface area (Å²) < 4.78 is 5.82. The highest BCUT2D eigenvalue weighted by molar-refractivity contribution is 7.04. The van der Waals surface area contributed by atoms with Crippen molar-refractivity contribution in [2.45, 2.75) is 50.5 Å². The van der Waals surface area contributed by atoms with Crippen LogP contribution in [0.1, 0.15) is 27.2 Å². The van der Waals surface area contributed by atoms with Gasteiger partial charge < -0.3 is 9.84 Å². The van der Waals surface area contributed by atoms with Crippen molar-refractivity contribution in [2.75, 3.05) is 6.61 Å². The molecule has 0 aromatic heterocycles. The molecule has 0 saturated carbocycles. The maximum Gasteiger partial charge on any atom is 0.128 e. The monoisotopic (exact) mass is 366 g/mol. The van der Waals surface area contributed by atoms with E-state index < -0.39 is 14.2 Å². The van der Waals surface area contributed by atoms with Gasteiger partial charge in [0.05, 0.1) is 18.3 Å². The van der Waals surface area contributed by atoms with Gasteiger partial charge in [-0.1, -0.05) is 83.2 Å². The van der Waals surface area contributed by atoms with Crippen molar-refractivity contribution in [3.63, 3.8) is 0 Å². The average molecular weight is 367 g/mol. The fraction of sp³-hybridized carbons (Fsp3) is 0.391. The standard InChI is InChI=1S/C23H30O2Si/c1-23(2,3)25-18-19(24)17-22-15-10-16-26(22,20-11-6-4-7-12-20)21-13-8-5-9-14-21/h4-15,19,22,24H,16-18H2,1-3H3/t19-,22-/m1/s1. The summed E-state index contributed by atoms with van der Waals surface area (Å²) in [7, 11) is -1.98. The Hall–Kier alpha value is -1.68. The van der Waals surface area contributed by atoms with Crippen LogP contribution in [0.4, 0.5) is 0 Å². The first-order valence-corrected chi connectivity index (χ1v) is 11.8. The Kier molecular flexibility index (Phi) is 5.81. The number of hydrogen-bond acceptors (Lipinski definition) is 2. The number of ether oxygens (including phenoxy) is 1. The van der Waals surface area contributed by atoms with E-state index in [9.17, 15) is 5.11 Å². The van der Waals surface area contributed by atoms with Crippen LogP contribution < -0.4 is 10.4 Å². The van der Waals surface area contributed by atoms with Crippen LogP contribution in [0, 0.1) is 0 Å². The molecule has 0 amide bonds. The summed E-state index contributed by atoms with van der Waals surface area (Å²) in [5, 5.41) is 13.6. The van der Waals surface area contributed by atoms with E-state index in [0.717, 1.165) is 12.5 Å². The Morgan fingerprint density at radius 2 is 1.54 bits per heavy atom. The van der Waals surface area contributed by atoms with Crippen molar-refractivity contribution in [1.29, 1.82) is 0 Å². The number of aliphatic hydroxyl groups excluding tert-OH is 1. The van der Waals surface area contributed by atoms with E-state index in [4.69, 9.17) is 4.74 Å². The average Bonchev–Trinajstić information content (AvgIpc) is 3.05. The smallest absolute Gasteiger partial charge is 0.128 e. The zero-order valence-electron chi connectivity index (χ0n) is 16.1. The molecule has 0 saturated heterocycles. The van der Waals surface area contributed by atoms with Crippen LogP contribution in [0.2, 0.25) is 11.6 Å². The van der Waals surface area contributed by atoms with E-state index in [1.807, 2.05) is 20.8 Å². The zero-order chi connectivity index (χ0) is 18.6. The summed E-state index contributed by atoms with van der Waals surface area (Å²) in [5.74, 6) is 0. The molecule has 0 spiro atoms. The molecule has 2 atom stereocenters. The minimum Gasteiger partial charge on any atom is -0.391 e. The number of rotatable bonds is 6. The minimum atomic E-state index is -1.98. The molecule has 2 aromatic rings. The summed E-state index contributed by atoms with van der Waals surface area (Å²) in [6.07, 6.45) is 4.98. The SMILES string of the molecule is CC(C)(C)OC[C@H](O)C[C@H]1C=CC[Si]1(c1ccccc1)c1ccccc1. The largest absolute Gasteiger partial charge is 0.391 e. The fourth-order valence-electron chi connectivity index (χ4n) is 4.02. The van der Waals surface area contributed by atoms with Crippen LogP contribution >= 0.6 is 0 Å². The second-order valence-electron chi connectivity index (χ2n) is 8.26. The zero-order valence-corrected chi connectivity index (χ0v) is 17.1. The van der Waals surface area contributed by atoms with Crippen LogP contribution in [0.3, 0.4) is 0 Å². The second kappa shape index (κ2) is 7.91. The lowest BCUT2D eigenvalue weighted by atomic mass is 10.1. The summed E-state index contributed by atoms with van der Waals surface area (Å²) in [4.78, 5) is 0. The van der Waals surface area contributed by atoms with Crippen molar-refractivity contribution < 1.29 is 9.84 Å². The maximum absolute atomic E-state index is 10.7. The Morgan fingerprint density at radius 1 is 1.00 bits per heavy atom. The predicted octanol–water partition coefficient (Wildman–Crippen LogP) is 3.76. The first-order valence-electron chi connectivity index (χ1n) is 9.51. The molecular weight excluding hydrogens is 336 g/mol. The minimum absolute atomic E-state index is 0.222. The third kappa shape index (κ3) is 4.17. The number of aliphatic hydroxyl groups is 1. The van der Waals surface area contributed by atoms with E-state index in [0.29, 0.717) is 12.1 Å². The molecule has 138 valence electrons. The first-order chi connectivity index (χ1) is 12.4. The van der Waals surface area contributed by atoms with Gasteiger partial charge >= 0.3 is 0 Å². The van der Waals surface area contributed by atoms with E-state index >= 15 is 0 Å². The normalized spacial score (nSPS) is 20.2. The molecule has 0 radical (unpaired) electrons. The molecule has 2 nitrogen and oxygen atoms in total. The van der Waals surface area contributed by atoms with Crippen molar-refractivity contribution in [1.82, 2.24) is 0 Å². The summed E-state index contributed by atoms with van der Waals surface area (Å²) >= 11 is 0. The molecule has 0 bridgehead atoms. The first kappa shape index (κ1) is 19.1. The Bertz CT molecular complexity index is 679. The quantitative estimate of drug-likeness (QED) is 0.623. The van der Waals surface area contributed by atoms with Gasteiger partial charge in [-0.05, 0) is 38.8 Å². The van der Waals surface area contributed by atoms with E-state index in [2.05, 4.69) is 72.8 Å². The second-order valence-corrected chi connectivity index (χ2v) is 12.5. The summed E-state index contributed by atoms with van der Waals surface area (Å²) in [6, 6.07) is 22.9. The van der Waals surface area contributed by atoms with Gasteiger partial charge in [-0.15, -0.1) is 0 Å². The van der Waals surface area contributed by atoms with E-state index in [1.54, 1.807) is 0 Å². The third-order valence-electron chi connectivity index (χ3n) is 5.25. The highest BCUT2D eigenvalue weighted by atomic mass is 28.3.